The quantitative estimate of drug-likeness (QED) is 0.395. The molecule has 0 saturated heterocycles. The van der Waals surface area contributed by atoms with Gasteiger partial charge in [0.05, 0.1) is 17.1 Å². The predicted octanol–water partition coefficient (Wildman–Crippen LogP) is 3.94. The molecule has 7 nitrogen and oxygen atoms in total. The maximum absolute atomic E-state index is 6.07. The van der Waals surface area contributed by atoms with Gasteiger partial charge in [0.1, 0.15) is 15.8 Å². The Morgan fingerprint density at radius 2 is 1.93 bits per heavy atom. The Labute approximate surface area is 174 Å². The van der Waals surface area contributed by atoms with Crippen LogP contribution in [0.1, 0.15) is 18.5 Å². The molecule has 1 atom stereocenters. The molecule has 0 aliphatic carbocycles. The molecule has 0 aromatic carbocycles. The van der Waals surface area contributed by atoms with E-state index in [2.05, 4.69) is 67.2 Å². The largest absolute Gasteiger partial charge is 0.383 e. The van der Waals surface area contributed by atoms with Gasteiger partial charge < -0.3 is 10.1 Å². The zero-order chi connectivity index (χ0) is 19.3. The van der Waals surface area contributed by atoms with Crippen molar-refractivity contribution in [2.45, 2.75) is 13.0 Å². The zero-order valence-electron chi connectivity index (χ0n) is 15.0. The molecule has 0 radical (unpaired) electrons. The van der Waals surface area contributed by atoms with Crippen LogP contribution in [0.2, 0.25) is 0 Å². The van der Waals surface area contributed by atoms with E-state index in [1.54, 1.807) is 0 Å². The fraction of sp³-hybridized carbons (Fsp3) is 0.100. The predicted molar refractivity (Wildman–Crippen MR) is 117 cm³/mol. The molecule has 5 aromatic heterocycles. The van der Waals surface area contributed by atoms with E-state index in [1.807, 2.05) is 41.3 Å². The average molecular weight is 481 g/mol. The zero-order valence-corrected chi connectivity index (χ0v) is 17.1. The molecule has 2 N–H and O–H groups in total. The molecule has 5 aromatic rings. The highest BCUT2D eigenvalue weighted by molar-refractivity contribution is 14.1. The summed E-state index contributed by atoms with van der Waals surface area (Å²) < 4.78 is 4.92. The van der Waals surface area contributed by atoms with Gasteiger partial charge in [-0.3, -0.25) is 4.98 Å². The minimum Gasteiger partial charge on any atom is -0.383 e. The number of hydrogen-bond acceptors (Lipinski definition) is 5. The Kier molecular flexibility index (Phi) is 4.00. The molecule has 0 spiro atoms. The molecule has 0 aliphatic heterocycles. The molecule has 1 unspecified atom stereocenters. The molecule has 28 heavy (non-hydrogen) atoms. The summed E-state index contributed by atoms with van der Waals surface area (Å²) in [7, 11) is 0. The standard InChI is InChI=1S/C20H16IN7/c1-12(28-20-16(18(21)26-28)19(22)24-11-25-20)15-10-14-4-2-3-9-27(14)17(15)13-5-7-23-8-6-13/h2-12H,1H3,(H2,22,24,25). The Morgan fingerprint density at radius 1 is 1.11 bits per heavy atom. The highest BCUT2D eigenvalue weighted by Gasteiger charge is 2.23. The van der Waals surface area contributed by atoms with Crippen LogP contribution in [0.4, 0.5) is 5.82 Å². The second kappa shape index (κ2) is 6.55. The van der Waals surface area contributed by atoms with E-state index in [0.29, 0.717) is 5.82 Å². The number of anilines is 1. The summed E-state index contributed by atoms with van der Waals surface area (Å²) in [6.45, 7) is 2.13. The van der Waals surface area contributed by atoms with Gasteiger partial charge in [-0.1, -0.05) is 6.07 Å². The Morgan fingerprint density at radius 3 is 2.75 bits per heavy atom. The number of halogens is 1. The third-order valence-electron chi connectivity index (χ3n) is 4.96. The Bertz CT molecular complexity index is 1310. The lowest BCUT2D eigenvalue weighted by Crippen LogP contribution is -2.10. The molecule has 0 amide bonds. The fourth-order valence-corrected chi connectivity index (χ4v) is 4.38. The van der Waals surface area contributed by atoms with E-state index >= 15 is 0 Å². The molecular weight excluding hydrogens is 465 g/mol. The topological polar surface area (TPSA) is 86.9 Å². The first-order valence-corrected chi connectivity index (χ1v) is 9.87. The van der Waals surface area contributed by atoms with Crippen LogP contribution in [0.15, 0.2) is 61.3 Å². The Hall–Kier alpha value is -3.01. The van der Waals surface area contributed by atoms with E-state index < -0.39 is 0 Å². The second-order valence-corrected chi connectivity index (χ2v) is 7.57. The number of rotatable bonds is 3. The summed E-state index contributed by atoms with van der Waals surface area (Å²) in [4.78, 5) is 12.7. The monoisotopic (exact) mass is 481 g/mol. The maximum Gasteiger partial charge on any atom is 0.165 e. The first-order valence-electron chi connectivity index (χ1n) is 8.79. The van der Waals surface area contributed by atoms with Gasteiger partial charge in [-0.15, -0.1) is 0 Å². The van der Waals surface area contributed by atoms with E-state index in [0.717, 1.165) is 37.1 Å². The van der Waals surface area contributed by atoms with Crippen molar-refractivity contribution in [1.29, 1.82) is 0 Å². The number of nitrogens with zero attached hydrogens (tertiary/aromatic N) is 6. The molecule has 138 valence electrons. The van der Waals surface area contributed by atoms with E-state index in [1.165, 1.54) is 6.33 Å². The minimum atomic E-state index is -0.0524. The van der Waals surface area contributed by atoms with Gasteiger partial charge >= 0.3 is 0 Å². The summed E-state index contributed by atoms with van der Waals surface area (Å²) in [5, 5.41) is 5.53. The first kappa shape index (κ1) is 17.1. The molecular formula is C20H16IN7. The first-order chi connectivity index (χ1) is 13.6. The number of pyridine rings is 2. The van der Waals surface area contributed by atoms with Crippen LogP contribution in [0.3, 0.4) is 0 Å². The molecule has 5 heterocycles. The van der Waals surface area contributed by atoms with Gasteiger partial charge in [-0.25, -0.2) is 14.6 Å². The number of hydrogen-bond donors (Lipinski definition) is 1. The lowest BCUT2D eigenvalue weighted by atomic mass is 10.0. The normalized spacial score (nSPS) is 12.6. The van der Waals surface area contributed by atoms with Gasteiger partial charge in [0, 0.05) is 35.2 Å². The SMILES string of the molecule is CC(c1cc2ccccn2c1-c1ccncc1)n1nc(I)c2c(N)ncnc21. The Balaban J connectivity index is 1.78. The molecule has 0 fully saturated rings. The lowest BCUT2D eigenvalue weighted by molar-refractivity contribution is 0.576. The second-order valence-electron chi connectivity index (χ2n) is 6.55. The van der Waals surface area contributed by atoms with Gasteiger partial charge in [0.15, 0.2) is 5.65 Å². The van der Waals surface area contributed by atoms with Crippen molar-refractivity contribution in [2.75, 3.05) is 5.73 Å². The van der Waals surface area contributed by atoms with Crippen LogP contribution in [-0.4, -0.2) is 29.1 Å². The summed E-state index contributed by atoms with van der Waals surface area (Å²) in [6, 6.07) is 12.4. The van der Waals surface area contributed by atoms with Gasteiger partial charge in [0.2, 0.25) is 0 Å². The van der Waals surface area contributed by atoms with Crippen molar-refractivity contribution in [1.82, 2.24) is 29.1 Å². The molecule has 8 heteroatoms. The van der Waals surface area contributed by atoms with E-state index in [-0.39, 0.29) is 6.04 Å². The van der Waals surface area contributed by atoms with Crippen LogP contribution in [0, 0.1) is 3.70 Å². The lowest BCUT2D eigenvalue weighted by Gasteiger charge is -2.15. The highest BCUT2D eigenvalue weighted by Crippen LogP contribution is 2.35. The summed E-state index contributed by atoms with van der Waals surface area (Å²) >= 11 is 2.19. The third kappa shape index (κ3) is 2.55. The van der Waals surface area contributed by atoms with Crippen LogP contribution in [0.25, 0.3) is 27.8 Å². The van der Waals surface area contributed by atoms with E-state index in [4.69, 9.17) is 10.8 Å². The van der Waals surface area contributed by atoms with Crippen LogP contribution in [0.5, 0.6) is 0 Å². The highest BCUT2D eigenvalue weighted by atomic mass is 127. The van der Waals surface area contributed by atoms with Crippen molar-refractivity contribution in [3.05, 3.63) is 70.6 Å². The third-order valence-corrected chi connectivity index (χ3v) is 5.71. The number of nitrogen functional groups attached to an aromatic ring is 1. The molecule has 0 aliphatic rings. The number of aromatic nitrogens is 6. The minimum absolute atomic E-state index is 0.0524. The summed E-state index contributed by atoms with van der Waals surface area (Å²) in [5.74, 6) is 0.448. The van der Waals surface area contributed by atoms with Gasteiger partial charge in [0.25, 0.3) is 0 Å². The van der Waals surface area contributed by atoms with Crippen molar-refractivity contribution >= 4 is 45.0 Å². The molecule has 5 rings (SSSR count). The molecule has 0 bridgehead atoms. The number of nitrogens with two attached hydrogens (primary N) is 1. The van der Waals surface area contributed by atoms with Crippen molar-refractivity contribution in [3.8, 4) is 11.3 Å². The summed E-state index contributed by atoms with van der Waals surface area (Å²) in [5.41, 5.74) is 11.3. The fourth-order valence-electron chi connectivity index (χ4n) is 3.63. The van der Waals surface area contributed by atoms with Crippen LogP contribution in [-0.2, 0) is 0 Å². The number of fused-ring (bicyclic) bond motifs is 2. The van der Waals surface area contributed by atoms with Crippen LogP contribution >= 0.6 is 22.6 Å². The van der Waals surface area contributed by atoms with Crippen molar-refractivity contribution in [3.63, 3.8) is 0 Å². The average Bonchev–Trinajstić information content (AvgIpc) is 3.27. The molecule has 0 saturated carbocycles. The van der Waals surface area contributed by atoms with Gasteiger partial charge in [-0.05, 0) is 59.8 Å². The van der Waals surface area contributed by atoms with Crippen molar-refractivity contribution < 1.29 is 0 Å². The van der Waals surface area contributed by atoms with E-state index in [9.17, 15) is 0 Å². The smallest absolute Gasteiger partial charge is 0.165 e. The maximum atomic E-state index is 6.07. The van der Waals surface area contributed by atoms with Gasteiger partial charge in [-0.2, -0.15) is 5.10 Å². The van der Waals surface area contributed by atoms with Crippen LogP contribution < -0.4 is 5.73 Å². The summed E-state index contributed by atoms with van der Waals surface area (Å²) in [6.07, 6.45) is 7.18. The van der Waals surface area contributed by atoms with Crippen molar-refractivity contribution in [2.24, 2.45) is 0 Å².